The van der Waals surface area contributed by atoms with Gasteiger partial charge in [-0.05, 0) is 93.5 Å². The van der Waals surface area contributed by atoms with Gasteiger partial charge >= 0.3 is 18.2 Å². The number of amides is 7. The number of carbonyl (C=O) groups excluding carboxylic acids is 6. The highest BCUT2D eigenvalue weighted by molar-refractivity contribution is 5.99. The quantitative estimate of drug-likeness (QED) is 0.0203. The molecule has 4 atom stereocenters. The number of hydrogen-bond acceptors (Lipinski definition) is 19. The van der Waals surface area contributed by atoms with Gasteiger partial charge in [-0.15, -0.1) is 0 Å². The number of carbonyl (C=O) groups is 6. The summed E-state index contributed by atoms with van der Waals surface area (Å²) in [7, 11) is 1.76. The summed E-state index contributed by atoms with van der Waals surface area (Å²) in [6, 6.07) is 13.2. The topological polar surface area (TPSA) is 363 Å². The second-order valence-corrected chi connectivity index (χ2v) is 21.1. The number of nitrogens with one attached hydrogen (secondary N) is 8. The van der Waals surface area contributed by atoms with Crippen LogP contribution in [-0.4, -0.2) is 158 Å². The first-order valence-electron chi connectivity index (χ1n) is 28.2. The Morgan fingerprint density at radius 1 is 0.791 bits per heavy atom. The van der Waals surface area contributed by atoms with Crippen molar-refractivity contribution in [2.75, 3.05) is 89.8 Å². The lowest BCUT2D eigenvalue weighted by Crippen LogP contribution is -2.54. The van der Waals surface area contributed by atoms with Crippen LogP contribution in [0.2, 0.25) is 0 Å². The SMILES string of the molecule is CC(C)[C@H](NC(=O)CCOCCOCCOCCOCCONC(=O)OC(C)(C)C)C(=O)N[C@@H](CCCNC(N)=O)C(=O)Nc1ccc(COC(=O)NCCCOc2ccc([C@H]3Nc4cc(F)cc5c(=O)[nH]nc(c45)[C@@H]3c3ncnn3C)cc2)cc1. The Labute approximate surface area is 496 Å². The predicted octanol–water partition coefficient (Wildman–Crippen LogP) is 4.11. The monoisotopic (exact) mass is 1200 g/mol. The standard InChI is InChI=1S/C57H78FN13O15/c1-35(2)47(67-44(72)18-22-79-23-24-80-25-26-81-27-28-82-29-30-85-70-56(78)86-57(3,4)5)53(75)66-42(9-7-19-60-54(59)76)52(74)64-39-14-10-36(11-15-39)33-84-55(77)61-20-8-21-83-40-16-12-37(13-17-40)48-46(50-62-34-63-71(50)6)49-45-41(51(73)69-68-49)31-38(58)32-43(45)65-48/h10-17,31-32,34-35,42,46-48,65H,7-9,18-30,33H2,1-6H3,(H,61,77)(H,64,74)(H,66,75)(H,67,72)(H,69,73)(H,70,78)(H3,59,60,76)/t42-,46+,47-,48+/m0/s1. The second kappa shape index (κ2) is 33.8. The number of aromatic nitrogens is 5. The van der Waals surface area contributed by atoms with Crippen molar-refractivity contribution in [3.63, 3.8) is 0 Å². The van der Waals surface area contributed by atoms with Gasteiger partial charge in [0.15, 0.2) is 0 Å². The largest absolute Gasteiger partial charge is 0.494 e. The van der Waals surface area contributed by atoms with E-state index in [0.717, 1.165) is 5.56 Å². The third-order valence-corrected chi connectivity index (χ3v) is 12.9. The van der Waals surface area contributed by atoms with E-state index in [1.807, 2.05) is 12.1 Å². The number of H-pyrrole nitrogens is 1. The summed E-state index contributed by atoms with van der Waals surface area (Å²) >= 11 is 0. The Balaban J connectivity index is 0.855. The molecule has 0 bridgehead atoms. The number of hydrogen-bond donors (Lipinski definition) is 9. The number of anilines is 2. The zero-order valence-electron chi connectivity index (χ0n) is 49.1. The van der Waals surface area contributed by atoms with E-state index in [4.69, 9.17) is 43.7 Å². The molecule has 86 heavy (non-hydrogen) atoms. The van der Waals surface area contributed by atoms with Crippen LogP contribution in [0.15, 0.2) is 71.8 Å². The van der Waals surface area contributed by atoms with Gasteiger partial charge in [-0.25, -0.2) is 28.9 Å². The van der Waals surface area contributed by atoms with Crippen LogP contribution in [0.5, 0.6) is 5.75 Å². The van der Waals surface area contributed by atoms with E-state index in [1.54, 1.807) is 82.7 Å². The first kappa shape index (κ1) is 66.6. The Morgan fingerprint density at radius 3 is 2.09 bits per heavy atom. The van der Waals surface area contributed by atoms with Gasteiger partial charge in [-0.2, -0.15) is 15.7 Å². The first-order chi connectivity index (χ1) is 41.3. The molecule has 0 unspecified atom stereocenters. The lowest BCUT2D eigenvalue weighted by Gasteiger charge is -2.33. The fraction of sp³-hybridized carbons (Fsp3) is 0.509. The molecule has 7 amide bonds. The molecule has 0 spiro atoms. The van der Waals surface area contributed by atoms with Gasteiger partial charge in [0.1, 0.15) is 48.0 Å². The number of halogens is 1. The number of ether oxygens (including phenoxy) is 7. The van der Waals surface area contributed by atoms with E-state index >= 15 is 0 Å². The Bertz CT molecular complexity index is 3070. The average Bonchev–Trinajstić information content (AvgIpc) is 1.02. The third-order valence-electron chi connectivity index (χ3n) is 12.9. The normalized spacial score (nSPS) is 14.3. The summed E-state index contributed by atoms with van der Waals surface area (Å²) in [5.74, 6) is -1.82. The van der Waals surface area contributed by atoms with Gasteiger partial charge in [-0.3, -0.25) is 28.7 Å². The summed E-state index contributed by atoms with van der Waals surface area (Å²) in [5.41, 5.74) is 9.06. The van der Waals surface area contributed by atoms with Gasteiger partial charge in [0.2, 0.25) is 17.7 Å². The minimum absolute atomic E-state index is 0.0362. The number of hydroxylamine groups is 1. The summed E-state index contributed by atoms with van der Waals surface area (Å²) in [4.78, 5) is 97.7. The summed E-state index contributed by atoms with van der Waals surface area (Å²) < 4.78 is 54.6. The van der Waals surface area contributed by atoms with E-state index in [-0.39, 0.29) is 89.9 Å². The van der Waals surface area contributed by atoms with Crippen molar-refractivity contribution < 1.29 is 71.2 Å². The van der Waals surface area contributed by atoms with E-state index < -0.39 is 77.0 Å². The molecule has 1 aliphatic rings. The minimum Gasteiger partial charge on any atom is -0.494 e. The molecule has 3 aromatic carbocycles. The minimum atomic E-state index is -1.07. The molecular weight excluding hydrogens is 1130 g/mol. The molecule has 1 aliphatic heterocycles. The van der Waals surface area contributed by atoms with Crippen LogP contribution < -0.4 is 53.4 Å². The number of urea groups is 1. The van der Waals surface area contributed by atoms with E-state index in [1.165, 1.54) is 18.5 Å². The molecule has 0 fully saturated rings. The molecule has 5 aromatic rings. The molecule has 10 N–H and O–H groups in total. The molecule has 468 valence electrons. The van der Waals surface area contributed by atoms with Crippen molar-refractivity contribution in [3.05, 3.63) is 106 Å². The number of alkyl carbamates (subject to hydrolysis) is 1. The number of benzene rings is 3. The van der Waals surface area contributed by atoms with Crippen LogP contribution in [0.1, 0.15) is 94.9 Å². The molecule has 0 aliphatic carbocycles. The van der Waals surface area contributed by atoms with Crippen molar-refractivity contribution in [1.82, 2.24) is 51.7 Å². The van der Waals surface area contributed by atoms with Gasteiger partial charge in [0.25, 0.3) is 5.56 Å². The number of aromatic amines is 1. The predicted molar refractivity (Wildman–Crippen MR) is 310 cm³/mol. The van der Waals surface area contributed by atoms with Crippen molar-refractivity contribution in [3.8, 4) is 5.75 Å². The fourth-order valence-electron chi connectivity index (χ4n) is 8.77. The highest BCUT2D eigenvalue weighted by atomic mass is 19.1. The molecule has 0 saturated carbocycles. The summed E-state index contributed by atoms with van der Waals surface area (Å²) in [6.45, 7) is 11.6. The maximum absolute atomic E-state index is 14.7. The van der Waals surface area contributed by atoms with Crippen LogP contribution in [0.25, 0.3) is 10.8 Å². The third kappa shape index (κ3) is 21.8. The molecule has 0 radical (unpaired) electrons. The molecular formula is C57H78FN13O15. The average molecular weight is 1200 g/mol. The Kier molecular flexibility index (Phi) is 26.2. The molecule has 0 saturated heterocycles. The fourth-order valence-corrected chi connectivity index (χ4v) is 8.77. The lowest BCUT2D eigenvalue weighted by molar-refractivity contribution is -0.132. The van der Waals surface area contributed by atoms with Gasteiger partial charge < -0.3 is 70.8 Å². The lowest BCUT2D eigenvalue weighted by atomic mass is 9.83. The smallest absolute Gasteiger partial charge is 0.431 e. The molecule has 2 aromatic heterocycles. The zero-order valence-corrected chi connectivity index (χ0v) is 49.1. The highest BCUT2D eigenvalue weighted by Gasteiger charge is 2.38. The van der Waals surface area contributed by atoms with Gasteiger partial charge in [0.05, 0.1) is 89.1 Å². The van der Waals surface area contributed by atoms with Crippen molar-refractivity contribution in [1.29, 1.82) is 0 Å². The van der Waals surface area contributed by atoms with E-state index in [9.17, 15) is 38.0 Å². The van der Waals surface area contributed by atoms with E-state index in [2.05, 4.69) is 57.7 Å². The maximum Gasteiger partial charge on any atom is 0.431 e. The number of primary amides is 1. The summed E-state index contributed by atoms with van der Waals surface area (Å²) in [6.07, 6.45) is 0.930. The Morgan fingerprint density at radius 2 is 1.45 bits per heavy atom. The molecule has 29 heteroatoms. The number of aryl methyl sites for hydroxylation is 1. The number of nitrogens with zero attached hydrogens (tertiary/aromatic N) is 4. The van der Waals surface area contributed by atoms with Crippen LogP contribution in [-0.2, 0) is 61.3 Å². The maximum atomic E-state index is 14.7. The van der Waals surface area contributed by atoms with Crippen molar-refractivity contribution >= 4 is 58.1 Å². The number of nitrogens with two attached hydrogens (primary N) is 1. The van der Waals surface area contributed by atoms with Crippen molar-refractivity contribution in [2.45, 2.75) is 96.6 Å². The summed E-state index contributed by atoms with van der Waals surface area (Å²) in [5, 5.41) is 28.7. The van der Waals surface area contributed by atoms with Crippen LogP contribution in [0.3, 0.4) is 0 Å². The molecule has 6 rings (SSSR count). The Hall–Kier alpha value is -8.51. The van der Waals surface area contributed by atoms with Gasteiger partial charge in [-0.1, -0.05) is 38.1 Å². The zero-order chi connectivity index (χ0) is 62.0. The first-order valence-corrected chi connectivity index (χ1v) is 28.2. The van der Waals surface area contributed by atoms with E-state index in [0.29, 0.717) is 72.4 Å². The van der Waals surface area contributed by atoms with Crippen molar-refractivity contribution in [2.24, 2.45) is 18.7 Å². The molecule has 3 heterocycles. The van der Waals surface area contributed by atoms with Crippen LogP contribution in [0, 0.1) is 11.7 Å². The van der Waals surface area contributed by atoms with Crippen LogP contribution in [0.4, 0.5) is 30.1 Å². The second-order valence-electron chi connectivity index (χ2n) is 21.1. The highest BCUT2D eigenvalue weighted by Crippen LogP contribution is 2.46. The van der Waals surface area contributed by atoms with Gasteiger partial charge in [0, 0.05) is 43.3 Å². The molecule has 28 nitrogen and oxygen atoms in total. The van der Waals surface area contributed by atoms with Crippen LogP contribution >= 0.6 is 0 Å². The number of rotatable bonds is 35.